The Hall–Kier alpha value is -2.80. The van der Waals surface area contributed by atoms with Gasteiger partial charge >= 0.3 is 10.1 Å². The molecule has 0 radical (unpaired) electrons. The molecule has 0 aromatic heterocycles. The van der Waals surface area contributed by atoms with Crippen LogP contribution < -0.4 is 13.7 Å². The number of ketones is 1. The van der Waals surface area contributed by atoms with E-state index in [0.717, 1.165) is 6.26 Å². The SMILES string of the molecule is CCOc1ccc2c(c1)OC(=Cc1ccccc1OS(C)(=O)=O)C2=O. The maximum Gasteiger partial charge on any atom is 0.306 e. The van der Waals surface area contributed by atoms with Crippen LogP contribution in [0.4, 0.5) is 0 Å². The molecule has 0 N–H and O–H groups in total. The average Bonchev–Trinajstić information content (AvgIpc) is 2.84. The van der Waals surface area contributed by atoms with Gasteiger partial charge < -0.3 is 13.7 Å². The Morgan fingerprint density at radius 2 is 1.92 bits per heavy atom. The molecule has 130 valence electrons. The number of hydrogen-bond acceptors (Lipinski definition) is 6. The number of benzene rings is 2. The molecule has 1 heterocycles. The lowest BCUT2D eigenvalue weighted by molar-refractivity contribution is 0.101. The first-order chi connectivity index (χ1) is 11.9. The molecule has 0 bridgehead atoms. The van der Waals surface area contributed by atoms with E-state index < -0.39 is 10.1 Å². The topological polar surface area (TPSA) is 78.9 Å². The van der Waals surface area contributed by atoms with Crippen molar-refractivity contribution in [3.63, 3.8) is 0 Å². The summed E-state index contributed by atoms with van der Waals surface area (Å²) < 4.78 is 38.7. The van der Waals surface area contributed by atoms with Crippen LogP contribution in [0.15, 0.2) is 48.2 Å². The molecule has 0 fully saturated rings. The Balaban J connectivity index is 1.95. The second kappa shape index (κ2) is 6.60. The quantitative estimate of drug-likeness (QED) is 0.602. The molecule has 0 amide bonds. The molecule has 0 atom stereocenters. The average molecular weight is 360 g/mol. The normalized spacial score (nSPS) is 15.0. The minimum Gasteiger partial charge on any atom is -0.494 e. The summed E-state index contributed by atoms with van der Waals surface area (Å²) in [5.74, 6) is 0.945. The second-order valence-corrected chi connectivity index (χ2v) is 6.93. The third kappa shape index (κ3) is 3.83. The van der Waals surface area contributed by atoms with Gasteiger partial charge in [0.1, 0.15) is 17.2 Å². The molecule has 0 unspecified atom stereocenters. The van der Waals surface area contributed by atoms with Crippen molar-refractivity contribution in [1.82, 2.24) is 0 Å². The van der Waals surface area contributed by atoms with Gasteiger partial charge in [-0.15, -0.1) is 0 Å². The lowest BCUT2D eigenvalue weighted by Gasteiger charge is -2.07. The van der Waals surface area contributed by atoms with E-state index in [1.807, 2.05) is 6.92 Å². The van der Waals surface area contributed by atoms with Gasteiger partial charge in [0, 0.05) is 11.6 Å². The highest BCUT2D eigenvalue weighted by Crippen LogP contribution is 2.35. The lowest BCUT2D eigenvalue weighted by atomic mass is 10.1. The van der Waals surface area contributed by atoms with Crippen LogP contribution in [0, 0.1) is 0 Å². The summed E-state index contributed by atoms with van der Waals surface area (Å²) in [5.41, 5.74) is 0.852. The van der Waals surface area contributed by atoms with Crippen LogP contribution in [0.2, 0.25) is 0 Å². The first-order valence-electron chi connectivity index (χ1n) is 7.57. The highest BCUT2D eigenvalue weighted by atomic mass is 32.2. The van der Waals surface area contributed by atoms with Gasteiger partial charge in [0.05, 0.1) is 18.4 Å². The highest BCUT2D eigenvalue weighted by molar-refractivity contribution is 7.86. The van der Waals surface area contributed by atoms with E-state index in [1.54, 1.807) is 36.4 Å². The molecular formula is C18H16O6S. The van der Waals surface area contributed by atoms with Crippen LogP contribution in [-0.4, -0.2) is 27.1 Å². The molecule has 25 heavy (non-hydrogen) atoms. The Kier molecular flexibility index (Phi) is 4.50. The van der Waals surface area contributed by atoms with Crippen molar-refractivity contribution in [2.24, 2.45) is 0 Å². The molecule has 2 aromatic carbocycles. The Labute approximate surface area is 145 Å². The van der Waals surface area contributed by atoms with Crippen LogP contribution in [-0.2, 0) is 10.1 Å². The van der Waals surface area contributed by atoms with Crippen molar-refractivity contribution in [2.75, 3.05) is 12.9 Å². The van der Waals surface area contributed by atoms with E-state index in [1.165, 1.54) is 12.1 Å². The lowest BCUT2D eigenvalue weighted by Crippen LogP contribution is -2.07. The fraction of sp³-hybridized carbons (Fsp3) is 0.167. The zero-order valence-corrected chi connectivity index (χ0v) is 14.5. The fourth-order valence-electron chi connectivity index (χ4n) is 2.40. The molecule has 6 nitrogen and oxygen atoms in total. The van der Waals surface area contributed by atoms with E-state index in [-0.39, 0.29) is 17.3 Å². The molecule has 0 saturated heterocycles. The summed E-state index contributed by atoms with van der Waals surface area (Å²) in [7, 11) is -3.68. The summed E-state index contributed by atoms with van der Waals surface area (Å²) in [4.78, 5) is 12.5. The van der Waals surface area contributed by atoms with Crippen molar-refractivity contribution in [3.8, 4) is 17.2 Å². The summed E-state index contributed by atoms with van der Waals surface area (Å²) >= 11 is 0. The van der Waals surface area contributed by atoms with Gasteiger partial charge in [-0.25, -0.2) is 0 Å². The maximum atomic E-state index is 12.5. The first kappa shape index (κ1) is 17.0. The molecule has 1 aliphatic heterocycles. The predicted molar refractivity (Wildman–Crippen MR) is 92.5 cm³/mol. The summed E-state index contributed by atoms with van der Waals surface area (Å²) in [6, 6.07) is 11.5. The number of Topliss-reactive ketones (excluding diaryl/α,β-unsaturated/α-hetero) is 1. The van der Waals surface area contributed by atoms with Crippen LogP contribution >= 0.6 is 0 Å². The van der Waals surface area contributed by atoms with E-state index in [9.17, 15) is 13.2 Å². The minimum atomic E-state index is -3.68. The molecule has 0 spiro atoms. The molecule has 0 saturated carbocycles. The largest absolute Gasteiger partial charge is 0.494 e. The van der Waals surface area contributed by atoms with E-state index in [4.69, 9.17) is 13.7 Å². The van der Waals surface area contributed by atoms with E-state index >= 15 is 0 Å². The first-order valence-corrected chi connectivity index (χ1v) is 9.38. The Morgan fingerprint density at radius 3 is 2.64 bits per heavy atom. The number of carbonyl (C=O) groups is 1. The zero-order chi connectivity index (χ0) is 18.0. The van der Waals surface area contributed by atoms with Gasteiger partial charge in [-0.05, 0) is 31.2 Å². The number of allylic oxidation sites excluding steroid dienone is 1. The van der Waals surface area contributed by atoms with Crippen LogP contribution in [0.5, 0.6) is 17.2 Å². The number of rotatable bonds is 5. The molecule has 3 rings (SSSR count). The maximum absolute atomic E-state index is 12.5. The highest BCUT2D eigenvalue weighted by Gasteiger charge is 2.28. The smallest absolute Gasteiger partial charge is 0.306 e. The third-order valence-corrected chi connectivity index (χ3v) is 3.88. The van der Waals surface area contributed by atoms with Crippen molar-refractivity contribution in [1.29, 1.82) is 0 Å². The zero-order valence-electron chi connectivity index (χ0n) is 13.7. The van der Waals surface area contributed by atoms with Gasteiger partial charge in [-0.2, -0.15) is 8.42 Å². The Bertz CT molecular complexity index is 959. The summed E-state index contributed by atoms with van der Waals surface area (Å²) in [5, 5.41) is 0. The Morgan fingerprint density at radius 1 is 1.16 bits per heavy atom. The van der Waals surface area contributed by atoms with Gasteiger partial charge in [0.25, 0.3) is 0 Å². The van der Waals surface area contributed by atoms with Crippen LogP contribution in [0.3, 0.4) is 0 Å². The molecule has 2 aromatic rings. The van der Waals surface area contributed by atoms with E-state index in [2.05, 4.69) is 0 Å². The molecule has 7 heteroatoms. The number of ether oxygens (including phenoxy) is 2. The number of para-hydroxylation sites is 1. The van der Waals surface area contributed by atoms with Crippen molar-refractivity contribution in [3.05, 3.63) is 59.4 Å². The minimum absolute atomic E-state index is 0.0909. The van der Waals surface area contributed by atoms with Crippen LogP contribution in [0.25, 0.3) is 6.08 Å². The van der Waals surface area contributed by atoms with Gasteiger partial charge in [0.15, 0.2) is 5.76 Å². The fourth-order valence-corrected chi connectivity index (χ4v) is 2.88. The molecule has 1 aliphatic rings. The standard InChI is InChI=1S/C18H16O6S/c1-3-22-13-8-9-14-16(11-13)23-17(18(14)19)10-12-6-4-5-7-15(12)24-25(2,20)21/h4-11H,3H2,1-2H3. The number of hydrogen-bond donors (Lipinski definition) is 0. The van der Waals surface area contributed by atoms with Gasteiger partial charge in [0.2, 0.25) is 5.78 Å². The van der Waals surface area contributed by atoms with Gasteiger partial charge in [-0.1, -0.05) is 18.2 Å². The number of carbonyl (C=O) groups excluding carboxylic acids is 1. The monoisotopic (exact) mass is 360 g/mol. The molecular weight excluding hydrogens is 344 g/mol. The van der Waals surface area contributed by atoms with Crippen molar-refractivity contribution >= 4 is 22.0 Å². The van der Waals surface area contributed by atoms with Crippen molar-refractivity contribution < 1.29 is 26.9 Å². The second-order valence-electron chi connectivity index (χ2n) is 5.36. The van der Waals surface area contributed by atoms with Gasteiger partial charge in [-0.3, -0.25) is 4.79 Å². The van der Waals surface area contributed by atoms with Crippen molar-refractivity contribution in [2.45, 2.75) is 6.92 Å². The van der Waals surface area contributed by atoms with Crippen LogP contribution in [0.1, 0.15) is 22.8 Å². The number of fused-ring (bicyclic) bond motifs is 1. The third-order valence-electron chi connectivity index (χ3n) is 3.40. The van der Waals surface area contributed by atoms with E-state index in [0.29, 0.717) is 29.2 Å². The molecule has 0 aliphatic carbocycles. The summed E-state index contributed by atoms with van der Waals surface area (Å²) in [6.07, 6.45) is 2.42. The predicted octanol–water partition coefficient (Wildman–Crippen LogP) is 3.04. The summed E-state index contributed by atoms with van der Waals surface area (Å²) in [6.45, 7) is 2.37.